The zero-order chi connectivity index (χ0) is 29.7. The minimum atomic E-state index is 0. The zero-order valence-corrected chi connectivity index (χ0v) is 31.2. The van der Waals surface area contributed by atoms with Crippen LogP contribution in [-0.2, 0) is 53.3 Å². The van der Waals surface area contributed by atoms with Crippen molar-refractivity contribution < 1.29 is 49.0 Å². The van der Waals surface area contributed by atoms with Gasteiger partial charge in [-0.1, -0.05) is 109 Å². The van der Waals surface area contributed by atoms with Gasteiger partial charge in [0.2, 0.25) is 0 Å². The Labute approximate surface area is 284 Å². The SMILES string of the molecule is CC(C)(C)c1c[c-]c2c(c1)-c1cc(C(C)(C)C)ccc1C2.Cc1cc(C(C)(C)C)c[cH-]1.[Cl-].[Cl-].[Zr+2]=[CH]Cc1ccccc1. The van der Waals surface area contributed by atoms with E-state index in [0.29, 0.717) is 5.41 Å². The zero-order valence-electron chi connectivity index (χ0n) is 27.3. The van der Waals surface area contributed by atoms with Crippen LogP contribution in [0.4, 0.5) is 0 Å². The van der Waals surface area contributed by atoms with Gasteiger partial charge in [0, 0.05) is 0 Å². The van der Waals surface area contributed by atoms with Gasteiger partial charge in [-0.05, 0) is 17.4 Å². The standard InChI is InChI=1S/C21H25.C10H15.C8H8.2ClH.Zr/c1-20(2,3)16-9-7-14-11-15-8-10-17(21(4,5)6)13-19(15)18(14)12-16;1-8-5-6-9(7-8)10(2,3)4;1-2-8-6-4-3-5-7-8;;;/h7,9-10,12-13H,11H2,1-6H3;5-7H,1-4H3;1,3-7H,2H2;2*1H;/q2*-1;;;;+2/p-2. The fourth-order valence-electron chi connectivity index (χ4n) is 4.75. The monoisotopic (exact) mass is 676 g/mol. The van der Waals surface area contributed by atoms with Gasteiger partial charge in [0.05, 0.1) is 0 Å². The Hall–Kier alpha value is -1.66. The first kappa shape index (κ1) is 38.4. The van der Waals surface area contributed by atoms with Gasteiger partial charge in [-0.2, -0.15) is 52.6 Å². The molecule has 224 valence electrons. The molecule has 1 aliphatic carbocycles. The second kappa shape index (κ2) is 15.9. The summed E-state index contributed by atoms with van der Waals surface area (Å²) < 4.78 is 2.25. The predicted octanol–water partition coefficient (Wildman–Crippen LogP) is 4.25. The number of benzene rings is 3. The van der Waals surface area contributed by atoms with Gasteiger partial charge < -0.3 is 24.8 Å². The van der Waals surface area contributed by atoms with Crippen molar-refractivity contribution in [3.8, 4) is 11.1 Å². The Bertz CT molecular complexity index is 1350. The van der Waals surface area contributed by atoms with Gasteiger partial charge in [-0.3, -0.25) is 0 Å². The predicted molar refractivity (Wildman–Crippen MR) is 173 cm³/mol. The summed E-state index contributed by atoms with van der Waals surface area (Å²) in [7, 11) is 0. The molecule has 5 rings (SSSR count). The molecule has 0 radical (unpaired) electrons. The molecular formula is C39H48Cl2Zr-2. The fourth-order valence-corrected chi connectivity index (χ4v) is 5.33. The van der Waals surface area contributed by atoms with Crippen LogP contribution in [0, 0.1) is 13.0 Å². The third-order valence-corrected chi connectivity index (χ3v) is 7.98. The molecule has 42 heavy (non-hydrogen) atoms. The fraction of sp³-hybridized carbons (Fsp3) is 0.385. The van der Waals surface area contributed by atoms with Gasteiger partial charge in [0.15, 0.2) is 0 Å². The number of fused-ring (bicyclic) bond motifs is 3. The van der Waals surface area contributed by atoms with Crippen LogP contribution in [0.5, 0.6) is 0 Å². The summed E-state index contributed by atoms with van der Waals surface area (Å²) in [5, 5.41) is 0. The summed E-state index contributed by atoms with van der Waals surface area (Å²) in [4.78, 5) is 0. The number of hydrogen-bond acceptors (Lipinski definition) is 0. The Morgan fingerprint density at radius 1 is 0.738 bits per heavy atom. The normalized spacial score (nSPS) is 11.8. The van der Waals surface area contributed by atoms with Gasteiger partial charge in [-0.25, -0.2) is 6.07 Å². The van der Waals surface area contributed by atoms with Crippen molar-refractivity contribution in [3.63, 3.8) is 0 Å². The molecule has 0 heterocycles. The Kier molecular flexibility index (Phi) is 14.5. The molecule has 0 N–H and O–H groups in total. The molecular weight excluding hydrogens is 631 g/mol. The van der Waals surface area contributed by atoms with Crippen molar-refractivity contribution in [3.05, 3.63) is 124 Å². The average molecular weight is 679 g/mol. The van der Waals surface area contributed by atoms with E-state index in [1.54, 1.807) is 0 Å². The molecule has 4 aromatic carbocycles. The molecule has 3 heteroatoms. The van der Waals surface area contributed by atoms with E-state index in [9.17, 15) is 0 Å². The molecule has 0 saturated carbocycles. The summed E-state index contributed by atoms with van der Waals surface area (Å²) in [6, 6.07) is 32.2. The van der Waals surface area contributed by atoms with Gasteiger partial charge in [0.1, 0.15) is 0 Å². The second-order valence-corrected chi connectivity index (χ2v) is 15.2. The molecule has 0 unspecified atom stereocenters. The molecule has 0 fully saturated rings. The Morgan fingerprint density at radius 3 is 1.79 bits per heavy atom. The number of rotatable bonds is 2. The van der Waals surface area contributed by atoms with E-state index in [4.69, 9.17) is 0 Å². The maximum atomic E-state index is 3.53. The van der Waals surface area contributed by atoms with Crippen LogP contribution in [0.25, 0.3) is 11.1 Å². The topological polar surface area (TPSA) is 0 Å². The summed E-state index contributed by atoms with van der Waals surface area (Å²) >= 11 is 1.51. The number of aryl methyl sites for hydroxylation is 1. The molecule has 4 aromatic rings. The van der Waals surface area contributed by atoms with Crippen molar-refractivity contribution in [1.82, 2.24) is 0 Å². The summed E-state index contributed by atoms with van der Waals surface area (Å²) in [5.74, 6) is 0. The molecule has 0 aliphatic heterocycles. The van der Waals surface area contributed by atoms with E-state index < -0.39 is 0 Å². The molecule has 0 aromatic heterocycles. The third-order valence-electron chi connectivity index (χ3n) is 7.48. The van der Waals surface area contributed by atoms with Gasteiger partial charge >= 0.3 is 70.3 Å². The van der Waals surface area contributed by atoms with Crippen molar-refractivity contribution in [2.45, 2.75) is 98.3 Å². The molecule has 0 saturated heterocycles. The molecule has 1 aliphatic rings. The number of halogens is 2. The van der Waals surface area contributed by atoms with Crippen LogP contribution in [-0.4, -0.2) is 3.71 Å². The second-order valence-electron chi connectivity index (χ2n) is 14.2. The van der Waals surface area contributed by atoms with Crippen molar-refractivity contribution in [2.24, 2.45) is 0 Å². The van der Waals surface area contributed by atoms with Gasteiger partial charge in [-0.15, -0.1) is 5.56 Å². The van der Waals surface area contributed by atoms with E-state index in [-0.39, 0.29) is 35.6 Å². The van der Waals surface area contributed by atoms with Crippen LogP contribution >= 0.6 is 0 Å². The summed E-state index contributed by atoms with van der Waals surface area (Å²) in [5.41, 5.74) is 13.3. The third kappa shape index (κ3) is 10.8. The average Bonchev–Trinajstić information content (AvgIpc) is 3.47. The number of hydrogen-bond donors (Lipinski definition) is 0. The van der Waals surface area contributed by atoms with E-state index in [1.165, 1.54) is 74.3 Å². The van der Waals surface area contributed by atoms with Crippen LogP contribution in [0.3, 0.4) is 0 Å². The van der Waals surface area contributed by atoms with Gasteiger partial charge in [0.25, 0.3) is 0 Å². The van der Waals surface area contributed by atoms with E-state index in [1.807, 2.05) is 6.07 Å². The van der Waals surface area contributed by atoms with Crippen molar-refractivity contribution >= 4 is 3.71 Å². The first-order chi connectivity index (χ1) is 18.6. The van der Waals surface area contributed by atoms with Crippen LogP contribution in [0.2, 0.25) is 0 Å². The quantitative estimate of drug-likeness (QED) is 0.245. The first-order valence-electron chi connectivity index (χ1n) is 14.5. The van der Waals surface area contributed by atoms with Crippen molar-refractivity contribution in [1.29, 1.82) is 0 Å². The van der Waals surface area contributed by atoms with E-state index in [0.717, 1.165) is 12.8 Å². The van der Waals surface area contributed by atoms with E-state index in [2.05, 4.69) is 152 Å². The minimum absolute atomic E-state index is 0. The molecule has 0 amide bonds. The molecule has 0 bridgehead atoms. The molecule has 0 spiro atoms. The van der Waals surface area contributed by atoms with Crippen molar-refractivity contribution in [2.75, 3.05) is 0 Å². The first-order valence-corrected chi connectivity index (χ1v) is 16.0. The van der Waals surface area contributed by atoms with Crippen LogP contribution < -0.4 is 24.8 Å². The molecule has 0 nitrogen and oxygen atoms in total. The summed E-state index contributed by atoms with van der Waals surface area (Å²) in [6.07, 6.45) is 2.15. The summed E-state index contributed by atoms with van der Waals surface area (Å²) in [6.45, 7) is 22.5. The molecule has 0 atom stereocenters. The maximum absolute atomic E-state index is 3.53. The Balaban J connectivity index is 0.000000353. The van der Waals surface area contributed by atoms with E-state index >= 15 is 0 Å². The Morgan fingerprint density at radius 2 is 1.31 bits per heavy atom. The van der Waals surface area contributed by atoms with Crippen LogP contribution in [0.15, 0.2) is 78.9 Å². The van der Waals surface area contributed by atoms with Crippen LogP contribution in [0.1, 0.15) is 101 Å².